The summed E-state index contributed by atoms with van der Waals surface area (Å²) in [6.45, 7) is 23.7. The molecule has 0 saturated heterocycles. The minimum Gasteiger partial charge on any atom is -0.507 e. The van der Waals surface area contributed by atoms with Crippen LogP contribution in [0.3, 0.4) is 0 Å². The Hall–Kier alpha value is -2.36. The molecule has 2 aromatic rings. The fourth-order valence-corrected chi connectivity index (χ4v) is 4.43. The second-order valence-electron chi connectivity index (χ2n) is 13.1. The molecule has 32 heavy (non-hydrogen) atoms. The van der Waals surface area contributed by atoms with Crippen LogP contribution in [0.4, 0.5) is 0 Å². The van der Waals surface area contributed by atoms with E-state index in [1.807, 2.05) is 83.1 Å². The summed E-state index contributed by atoms with van der Waals surface area (Å²) in [5.74, 6) is 0.163. The van der Waals surface area contributed by atoms with Crippen LogP contribution in [-0.4, -0.2) is 20.4 Å². The van der Waals surface area contributed by atoms with Crippen molar-refractivity contribution in [3.05, 3.63) is 34.4 Å². The molecule has 0 radical (unpaired) electrons. The average molecular weight is 443 g/mol. The summed E-state index contributed by atoms with van der Waals surface area (Å²) >= 11 is 0. The Morgan fingerprint density at radius 1 is 0.438 bits per heavy atom. The minimum absolute atomic E-state index is 0.0265. The first-order chi connectivity index (χ1) is 14.1. The third-order valence-corrected chi connectivity index (χ3v) is 5.92. The van der Waals surface area contributed by atoms with Crippen LogP contribution >= 0.6 is 0 Å². The highest BCUT2D eigenvalue weighted by molar-refractivity contribution is 5.87. The van der Waals surface area contributed by atoms with Crippen molar-refractivity contribution >= 4 is 0 Å². The van der Waals surface area contributed by atoms with Crippen LogP contribution in [-0.2, 0) is 21.7 Å². The Bertz CT molecular complexity index is 949. The molecule has 0 aliphatic rings. The lowest BCUT2D eigenvalue weighted by molar-refractivity contribution is 0.408. The zero-order valence-electron chi connectivity index (χ0n) is 21.9. The fraction of sp³-hybridized carbons (Fsp3) is 0.571. The molecular formula is C28H42O4. The SMILES string of the molecule is CC(C)(C)c1cc(O)c(-c2c(O)cc(C(C)(C)C)c(O)c2C(C)(C)C)c(C(C)(C)C)c1O. The predicted octanol–water partition coefficient (Wildman–Crippen LogP) is 7.37. The van der Waals surface area contributed by atoms with E-state index in [1.165, 1.54) is 0 Å². The third-order valence-electron chi connectivity index (χ3n) is 5.92. The molecule has 4 N–H and O–H groups in total. The van der Waals surface area contributed by atoms with Gasteiger partial charge in [-0.1, -0.05) is 83.1 Å². The van der Waals surface area contributed by atoms with Crippen molar-refractivity contribution in [2.24, 2.45) is 0 Å². The number of hydrogen-bond donors (Lipinski definition) is 4. The molecule has 0 unspecified atom stereocenters. The maximum atomic E-state index is 11.4. The van der Waals surface area contributed by atoms with E-state index in [1.54, 1.807) is 12.1 Å². The lowest BCUT2D eigenvalue weighted by Crippen LogP contribution is -2.21. The summed E-state index contributed by atoms with van der Waals surface area (Å²) in [4.78, 5) is 0. The summed E-state index contributed by atoms with van der Waals surface area (Å²) in [5.41, 5.74) is 1.21. The molecular weight excluding hydrogens is 400 g/mol. The van der Waals surface area contributed by atoms with E-state index in [0.29, 0.717) is 33.4 Å². The minimum atomic E-state index is -0.544. The van der Waals surface area contributed by atoms with Crippen LogP contribution < -0.4 is 0 Å². The molecule has 0 aliphatic carbocycles. The molecule has 0 fully saturated rings. The van der Waals surface area contributed by atoms with E-state index in [0.717, 1.165) is 0 Å². The van der Waals surface area contributed by atoms with Gasteiger partial charge in [0.15, 0.2) is 0 Å². The Labute approximate surface area is 194 Å². The summed E-state index contributed by atoms with van der Waals surface area (Å²) in [6, 6.07) is 3.17. The van der Waals surface area contributed by atoms with Crippen molar-refractivity contribution in [2.75, 3.05) is 0 Å². The van der Waals surface area contributed by atoms with Gasteiger partial charge in [0.1, 0.15) is 23.0 Å². The van der Waals surface area contributed by atoms with Crippen LogP contribution in [0.1, 0.15) is 105 Å². The number of aromatic hydroxyl groups is 4. The van der Waals surface area contributed by atoms with Gasteiger partial charge >= 0.3 is 0 Å². The molecule has 0 heterocycles. The van der Waals surface area contributed by atoms with E-state index < -0.39 is 21.7 Å². The van der Waals surface area contributed by atoms with E-state index in [9.17, 15) is 20.4 Å². The normalized spacial score (nSPS) is 13.5. The first-order valence-electron chi connectivity index (χ1n) is 11.3. The number of phenols is 4. The van der Waals surface area contributed by atoms with Crippen molar-refractivity contribution in [1.29, 1.82) is 0 Å². The van der Waals surface area contributed by atoms with E-state index in [4.69, 9.17) is 0 Å². The summed E-state index contributed by atoms with van der Waals surface area (Å²) in [7, 11) is 0. The maximum Gasteiger partial charge on any atom is 0.124 e. The topological polar surface area (TPSA) is 80.9 Å². The van der Waals surface area contributed by atoms with E-state index >= 15 is 0 Å². The number of hydrogen-bond acceptors (Lipinski definition) is 4. The van der Waals surface area contributed by atoms with Gasteiger partial charge in [-0.05, 0) is 33.8 Å². The standard InChI is InChI=1S/C28H42O4/c1-25(2,3)15-13-17(29)19(21(23(15)31)27(7,8)9)20-18(30)14-16(26(4,5)6)24(32)22(20)28(10,11)12/h13-14,29-32H,1-12H3. The molecule has 0 atom stereocenters. The first-order valence-corrected chi connectivity index (χ1v) is 11.3. The van der Waals surface area contributed by atoms with Crippen molar-refractivity contribution in [3.8, 4) is 34.1 Å². The van der Waals surface area contributed by atoms with Gasteiger partial charge < -0.3 is 20.4 Å². The molecule has 178 valence electrons. The average Bonchev–Trinajstić information content (AvgIpc) is 2.53. The lowest BCUT2D eigenvalue weighted by atomic mass is 9.71. The molecule has 4 nitrogen and oxygen atoms in total. The summed E-state index contributed by atoms with van der Waals surface area (Å²) < 4.78 is 0. The largest absolute Gasteiger partial charge is 0.507 e. The summed E-state index contributed by atoms with van der Waals surface area (Å²) in [6.07, 6.45) is 0. The Balaban J connectivity index is 3.21. The van der Waals surface area contributed by atoms with Gasteiger partial charge in [0.05, 0.1) is 0 Å². The van der Waals surface area contributed by atoms with Gasteiger partial charge in [-0.2, -0.15) is 0 Å². The molecule has 0 aliphatic heterocycles. The number of benzene rings is 2. The molecule has 0 aromatic heterocycles. The van der Waals surface area contributed by atoms with Gasteiger partial charge in [-0.3, -0.25) is 0 Å². The molecule has 0 bridgehead atoms. The summed E-state index contributed by atoms with van der Waals surface area (Å²) in [5, 5.41) is 45.4. The van der Waals surface area contributed by atoms with Crippen molar-refractivity contribution in [2.45, 2.75) is 105 Å². The maximum absolute atomic E-state index is 11.4. The molecule has 0 spiro atoms. The van der Waals surface area contributed by atoms with Crippen molar-refractivity contribution in [1.82, 2.24) is 0 Å². The van der Waals surface area contributed by atoms with Gasteiger partial charge in [-0.25, -0.2) is 0 Å². The van der Waals surface area contributed by atoms with Crippen molar-refractivity contribution < 1.29 is 20.4 Å². The molecule has 0 amide bonds. The first kappa shape index (κ1) is 25.9. The monoisotopic (exact) mass is 442 g/mol. The Kier molecular flexibility index (Phi) is 6.15. The van der Waals surface area contributed by atoms with Gasteiger partial charge in [0, 0.05) is 33.4 Å². The second-order valence-corrected chi connectivity index (χ2v) is 13.1. The fourth-order valence-electron chi connectivity index (χ4n) is 4.43. The zero-order chi connectivity index (χ0) is 25.2. The van der Waals surface area contributed by atoms with Crippen LogP contribution in [0, 0.1) is 0 Å². The third kappa shape index (κ3) is 4.55. The molecule has 2 aromatic carbocycles. The number of rotatable bonds is 1. The number of phenolic OH excluding ortho intramolecular Hbond substituents is 4. The van der Waals surface area contributed by atoms with Gasteiger partial charge in [0.2, 0.25) is 0 Å². The van der Waals surface area contributed by atoms with Crippen molar-refractivity contribution in [3.63, 3.8) is 0 Å². The van der Waals surface area contributed by atoms with Crippen LogP contribution in [0.5, 0.6) is 23.0 Å². The zero-order valence-corrected chi connectivity index (χ0v) is 21.9. The quantitative estimate of drug-likeness (QED) is 0.348. The van der Waals surface area contributed by atoms with Crippen LogP contribution in [0.15, 0.2) is 12.1 Å². The molecule has 0 saturated carbocycles. The predicted molar refractivity (Wildman–Crippen MR) is 133 cm³/mol. The van der Waals surface area contributed by atoms with E-state index in [2.05, 4.69) is 0 Å². The highest BCUT2D eigenvalue weighted by atomic mass is 16.3. The van der Waals surface area contributed by atoms with Crippen LogP contribution in [0.25, 0.3) is 11.1 Å². The Morgan fingerprint density at radius 3 is 0.875 bits per heavy atom. The van der Waals surface area contributed by atoms with E-state index in [-0.39, 0.29) is 23.0 Å². The molecule has 2 rings (SSSR count). The van der Waals surface area contributed by atoms with Gasteiger partial charge in [-0.15, -0.1) is 0 Å². The smallest absolute Gasteiger partial charge is 0.124 e. The van der Waals surface area contributed by atoms with Crippen LogP contribution in [0.2, 0.25) is 0 Å². The highest BCUT2D eigenvalue weighted by Gasteiger charge is 2.37. The second kappa shape index (κ2) is 7.60. The van der Waals surface area contributed by atoms with Gasteiger partial charge in [0.25, 0.3) is 0 Å². The Morgan fingerprint density at radius 2 is 0.688 bits per heavy atom. The lowest BCUT2D eigenvalue weighted by Gasteiger charge is -2.34. The highest BCUT2D eigenvalue weighted by Crippen LogP contribution is 2.55. The molecule has 4 heteroatoms.